The van der Waals surface area contributed by atoms with E-state index in [1.807, 2.05) is 6.07 Å². The molecule has 9 heteroatoms. The first-order valence-electron chi connectivity index (χ1n) is 8.00. The molecule has 0 spiro atoms. The van der Waals surface area contributed by atoms with Gasteiger partial charge >= 0.3 is 0 Å². The van der Waals surface area contributed by atoms with Crippen LogP contribution in [0.1, 0.15) is 0 Å². The Labute approximate surface area is 158 Å². The van der Waals surface area contributed by atoms with Gasteiger partial charge in [0.2, 0.25) is 11.7 Å². The molecule has 0 atom stereocenters. The van der Waals surface area contributed by atoms with Gasteiger partial charge in [-0.1, -0.05) is 28.9 Å². The van der Waals surface area contributed by atoms with Gasteiger partial charge in [0.15, 0.2) is 0 Å². The second kappa shape index (κ2) is 7.38. The molecule has 8 nitrogen and oxygen atoms in total. The van der Waals surface area contributed by atoms with Gasteiger partial charge in [0.1, 0.15) is 12.2 Å². The zero-order chi connectivity index (χ0) is 18.6. The SMILES string of the molecule is O=C(Cn1cnc(-c2noc(-c3cccnc3)n2)c1)Nc1ccccc1Cl. The van der Waals surface area contributed by atoms with Crippen molar-refractivity contribution in [2.45, 2.75) is 6.54 Å². The molecule has 0 radical (unpaired) electrons. The summed E-state index contributed by atoms with van der Waals surface area (Å²) in [5.41, 5.74) is 1.78. The van der Waals surface area contributed by atoms with Crippen LogP contribution in [0.5, 0.6) is 0 Å². The molecule has 0 aliphatic rings. The fourth-order valence-corrected chi connectivity index (χ4v) is 2.60. The minimum atomic E-state index is -0.226. The Bertz CT molecular complexity index is 1080. The summed E-state index contributed by atoms with van der Waals surface area (Å²) in [6.07, 6.45) is 6.50. The summed E-state index contributed by atoms with van der Waals surface area (Å²) >= 11 is 6.04. The van der Waals surface area contributed by atoms with E-state index in [9.17, 15) is 4.79 Å². The van der Waals surface area contributed by atoms with Crippen LogP contribution in [0.15, 0.2) is 65.8 Å². The van der Waals surface area contributed by atoms with Crippen LogP contribution in [-0.2, 0) is 11.3 Å². The molecule has 0 bridgehead atoms. The molecule has 0 aliphatic carbocycles. The third kappa shape index (κ3) is 3.85. The predicted molar refractivity (Wildman–Crippen MR) is 98.8 cm³/mol. The van der Waals surface area contributed by atoms with E-state index < -0.39 is 0 Å². The third-order valence-electron chi connectivity index (χ3n) is 3.67. The Morgan fingerprint density at radius 1 is 1.22 bits per heavy atom. The Balaban J connectivity index is 1.45. The number of benzene rings is 1. The van der Waals surface area contributed by atoms with Crippen LogP contribution < -0.4 is 5.32 Å². The molecular formula is C18H13ClN6O2. The molecule has 1 amide bonds. The van der Waals surface area contributed by atoms with Crippen molar-refractivity contribution in [3.63, 3.8) is 0 Å². The molecule has 3 heterocycles. The number of rotatable bonds is 5. The number of carbonyl (C=O) groups is 1. The summed E-state index contributed by atoms with van der Waals surface area (Å²) in [7, 11) is 0. The number of carbonyl (C=O) groups excluding carboxylic acids is 1. The van der Waals surface area contributed by atoms with Crippen molar-refractivity contribution in [1.29, 1.82) is 0 Å². The summed E-state index contributed by atoms with van der Waals surface area (Å²) in [6.45, 7) is 0.0749. The fraction of sp³-hybridized carbons (Fsp3) is 0.0556. The van der Waals surface area contributed by atoms with Crippen molar-refractivity contribution in [1.82, 2.24) is 24.7 Å². The molecule has 0 saturated carbocycles. The summed E-state index contributed by atoms with van der Waals surface area (Å²) in [6, 6.07) is 10.6. The van der Waals surface area contributed by atoms with E-state index in [1.54, 1.807) is 53.5 Å². The molecule has 1 N–H and O–H groups in total. The van der Waals surface area contributed by atoms with Gasteiger partial charge in [0.25, 0.3) is 5.89 Å². The van der Waals surface area contributed by atoms with Crippen molar-refractivity contribution in [2.75, 3.05) is 5.32 Å². The Morgan fingerprint density at radius 2 is 2.11 bits per heavy atom. The monoisotopic (exact) mass is 380 g/mol. The minimum Gasteiger partial charge on any atom is -0.333 e. The van der Waals surface area contributed by atoms with Crippen molar-refractivity contribution >= 4 is 23.2 Å². The Hall–Kier alpha value is -3.52. The highest BCUT2D eigenvalue weighted by Crippen LogP contribution is 2.21. The summed E-state index contributed by atoms with van der Waals surface area (Å²) in [5.74, 6) is 0.458. The van der Waals surface area contributed by atoms with Gasteiger partial charge < -0.3 is 14.4 Å². The predicted octanol–water partition coefficient (Wildman–Crippen LogP) is 3.29. The highest BCUT2D eigenvalue weighted by atomic mass is 35.5. The second-order valence-corrected chi connectivity index (χ2v) is 6.03. The molecule has 3 aromatic heterocycles. The number of hydrogen-bond acceptors (Lipinski definition) is 6. The second-order valence-electron chi connectivity index (χ2n) is 5.62. The number of hydrogen-bond donors (Lipinski definition) is 1. The number of halogens is 1. The van der Waals surface area contributed by atoms with Gasteiger partial charge in [0, 0.05) is 18.6 Å². The first-order chi connectivity index (χ1) is 13.2. The van der Waals surface area contributed by atoms with E-state index in [2.05, 4.69) is 25.4 Å². The first kappa shape index (κ1) is 16.9. The number of amides is 1. The van der Waals surface area contributed by atoms with Crippen LogP contribution in [0.4, 0.5) is 5.69 Å². The maximum Gasteiger partial charge on any atom is 0.259 e. The van der Waals surface area contributed by atoms with E-state index in [-0.39, 0.29) is 12.5 Å². The average molecular weight is 381 g/mol. The van der Waals surface area contributed by atoms with E-state index >= 15 is 0 Å². The molecule has 0 aliphatic heterocycles. The fourth-order valence-electron chi connectivity index (χ4n) is 2.41. The number of aromatic nitrogens is 5. The van der Waals surface area contributed by atoms with Crippen LogP contribution in [0.3, 0.4) is 0 Å². The van der Waals surface area contributed by atoms with Crippen LogP contribution in [0.25, 0.3) is 23.0 Å². The quantitative estimate of drug-likeness (QED) is 0.570. The van der Waals surface area contributed by atoms with Crippen molar-refractivity contribution in [3.8, 4) is 23.0 Å². The number of imidazole rings is 1. The van der Waals surface area contributed by atoms with Gasteiger partial charge in [-0.2, -0.15) is 4.98 Å². The topological polar surface area (TPSA) is 98.7 Å². The average Bonchev–Trinajstić information content (AvgIpc) is 3.34. The number of nitrogens with zero attached hydrogens (tertiary/aromatic N) is 5. The summed E-state index contributed by atoms with van der Waals surface area (Å²) in [5, 5.41) is 7.16. The maximum atomic E-state index is 12.2. The number of para-hydroxylation sites is 1. The minimum absolute atomic E-state index is 0.0749. The first-order valence-corrected chi connectivity index (χ1v) is 8.37. The smallest absolute Gasteiger partial charge is 0.259 e. The highest BCUT2D eigenvalue weighted by molar-refractivity contribution is 6.33. The van der Waals surface area contributed by atoms with Crippen LogP contribution >= 0.6 is 11.6 Å². The molecule has 0 saturated heterocycles. The van der Waals surface area contributed by atoms with E-state index in [1.165, 1.54) is 6.33 Å². The lowest BCUT2D eigenvalue weighted by molar-refractivity contribution is -0.116. The maximum absolute atomic E-state index is 12.2. The lowest BCUT2D eigenvalue weighted by Gasteiger charge is -2.07. The van der Waals surface area contributed by atoms with Gasteiger partial charge in [-0.3, -0.25) is 9.78 Å². The van der Waals surface area contributed by atoms with Gasteiger partial charge in [0.05, 0.1) is 22.6 Å². The van der Waals surface area contributed by atoms with Crippen molar-refractivity contribution in [2.24, 2.45) is 0 Å². The largest absolute Gasteiger partial charge is 0.333 e. The number of nitrogens with one attached hydrogen (secondary N) is 1. The van der Waals surface area contributed by atoms with E-state index in [4.69, 9.17) is 16.1 Å². The molecular weight excluding hydrogens is 368 g/mol. The highest BCUT2D eigenvalue weighted by Gasteiger charge is 2.14. The molecule has 27 heavy (non-hydrogen) atoms. The Kier molecular flexibility index (Phi) is 4.63. The summed E-state index contributed by atoms with van der Waals surface area (Å²) < 4.78 is 6.87. The van der Waals surface area contributed by atoms with Crippen LogP contribution in [-0.4, -0.2) is 30.6 Å². The molecule has 134 valence electrons. The summed E-state index contributed by atoms with van der Waals surface area (Å²) in [4.78, 5) is 24.8. The van der Waals surface area contributed by atoms with Gasteiger partial charge in [-0.25, -0.2) is 4.98 Å². The van der Waals surface area contributed by atoms with E-state index in [0.717, 1.165) is 5.56 Å². The number of pyridine rings is 1. The van der Waals surface area contributed by atoms with Gasteiger partial charge in [-0.15, -0.1) is 0 Å². The Morgan fingerprint density at radius 3 is 2.93 bits per heavy atom. The third-order valence-corrected chi connectivity index (χ3v) is 4.00. The lowest BCUT2D eigenvalue weighted by atomic mass is 10.3. The zero-order valence-corrected chi connectivity index (χ0v) is 14.7. The molecule has 4 aromatic rings. The van der Waals surface area contributed by atoms with Crippen molar-refractivity contribution < 1.29 is 9.32 Å². The molecule has 0 fully saturated rings. The molecule has 4 rings (SSSR count). The van der Waals surface area contributed by atoms with Crippen LogP contribution in [0.2, 0.25) is 5.02 Å². The lowest BCUT2D eigenvalue weighted by Crippen LogP contribution is -2.18. The standard InChI is InChI=1S/C18H13ClN6O2/c19-13-5-1-2-6-14(13)22-16(26)10-25-9-15(21-11-25)17-23-18(27-24-17)12-4-3-7-20-8-12/h1-9,11H,10H2,(H,22,26). The zero-order valence-electron chi connectivity index (χ0n) is 13.9. The molecule has 1 aromatic carbocycles. The normalized spacial score (nSPS) is 10.7. The van der Waals surface area contributed by atoms with E-state index in [0.29, 0.717) is 28.1 Å². The molecule has 0 unspecified atom stereocenters. The van der Waals surface area contributed by atoms with Crippen LogP contribution in [0, 0.1) is 0 Å². The van der Waals surface area contributed by atoms with Gasteiger partial charge in [-0.05, 0) is 24.3 Å². The van der Waals surface area contributed by atoms with Crippen molar-refractivity contribution in [3.05, 3.63) is 66.3 Å². The number of anilines is 1.